The van der Waals surface area contributed by atoms with Crippen LogP contribution in [0.15, 0.2) is 24.3 Å². The Hall–Kier alpha value is -1.42. The maximum absolute atomic E-state index is 13.6. The fraction of sp³-hybridized carbons (Fsp3) is 0.588. The molecule has 0 saturated carbocycles. The Balaban J connectivity index is 1.95. The number of benzene rings is 1. The molecule has 1 unspecified atom stereocenters. The van der Waals surface area contributed by atoms with Crippen LogP contribution in [-0.4, -0.2) is 36.5 Å². The van der Waals surface area contributed by atoms with Crippen molar-refractivity contribution in [3.8, 4) is 0 Å². The SMILES string of the molecule is CC(C)C(CNC(=O)c1ccccc1F)N1CCCCC1. The first-order chi connectivity index (χ1) is 10.1. The van der Waals surface area contributed by atoms with Crippen LogP contribution < -0.4 is 5.32 Å². The van der Waals surface area contributed by atoms with E-state index in [1.54, 1.807) is 12.1 Å². The van der Waals surface area contributed by atoms with E-state index < -0.39 is 5.82 Å². The molecule has 1 amide bonds. The molecule has 1 aromatic rings. The topological polar surface area (TPSA) is 32.3 Å². The number of hydrogen-bond acceptors (Lipinski definition) is 2. The van der Waals surface area contributed by atoms with Crippen molar-refractivity contribution in [2.24, 2.45) is 5.92 Å². The molecule has 0 aromatic heterocycles. The molecule has 0 radical (unpaired) electrons. The van der Waals surface area contributed by atoms with E-state index >= 15 is 0 Å². The predicted octanol–water partition coefficient (Wildman–Crippen LogP) is 3.07. The molecule has 116 valence electrons. The number of likely N-dealkylation sites (tertiary alicyclic amines) is 1. The molecule has 1 fully saturated rings. The normalized spacial score (nSPS) is 17.7. The summed E-state index contributed by atoms with van der Waals surface area (Å²) in [5.41, 5.74) is 0.124. The quantitative estimate of drug-likeness (QED) is 0.904. The average Bonchev–Trinajstić information content (AvgIpc) is 2.48. The molecule has 1 saturated heterocycles. The van der Waals surface area contributed by atoms with E-state index in [1.807, 2.05) is 0 Å². The Labute approximate surface area is 126 Å². The molecule has 21 heavy (non-hydrogen) atoms. The number of amides is 1. The predicted molar refractivity (Wildman–Crippen MR) is 82.8 cm³/mol. The highest BCUT2D eigenvalue weighted by Crippen LogP contribution is 2.17. The third-order valence-corrected chi connectivity index (χ3v) is 4.22. The Bertz CT molecular complexity index is 470. The summed E-state index contributed by atoms with van der Waals surface area (Å²) in [7, 11) is 0. The van der Waals surface area contributed by atoms with Gasteiger partial charge in [-0.2, -0.15) is 0 Å². The molecule has 2 rings (SSSR count). The number of piperidine rings is 1. The summed E-state index contributed by atoms with van der Waals surface area (Å²) in [4.78, 5) is 14.6. The third-order valence-electron chi connectivity index (χ3n) is 4.22. The van der Waals surface area contributed by atoms with Gasteiger partial charge in [0.1, 0.15) is 5.82 Å². The van der Waals surface area contributed by atoms with Crippen molar-refractivity contribution >= 4 is 5.91 Å². The smallest absolute Gasteiger partial charge is 0.254 e. The first-order valence-corrected chi connectivity index (χ1v) is 7.86. The highest BCUT2D eigenvalue weighted by Gasteiger charge is 2.24. The van der Waals surface area contributed by atoms with Crippen LogP contribution in [0.1, 0.15) is 43.5 Å². The zero-order valence-electron chi connectivity index (χ0n) is 12.9. The molecular weight excluding hydrogens is 267 g/mol. The summed E-state index contributed by atoms with van der Waals surface area (Å²) in [6.45, 7) is 7.12. The van der Waals surface area contributed by atoms with Gasteiger partial charge in [-0.1, -0.05) is 32.4 Å². The van der Waals surface area contributed by atoms with Gasteiger partial charge >= 0.3 is 0 Å². The number of carbonyl (C=O) groups excluding carboxylic acids is 1. The Morgan fingerprint density at radius 3 is 2.52 bits per heavy atom. The van der Waals surface area contributed by atoms with E-state index in [0.717, 1.165) is 13.1 Å². The monoisotopic (exact) mass is 292 g/mol. The molecule has 4 heteroatoms. The second-order valence-electron chi connectivity index (χ2n) is 6.10. The standard InChI is InChI=1S/C17H25FN2O/c1-13(2)16(20-10-6-3-7-11-20)12-19-17(21)14-8-4-5-9-15(14)18/h4-5,8-9,13,16H,3,6-7,10-12H2,1-2H3,(H,19,21). The van der Waals surface area contributed by atoms with Crippen molar-refractivity contribution in [1.82, 2.24) is 10.2 Å². The Morgan fingerprint density at radius 2 is 1.90 bits per heavy atom. The van der Waals surface area contributed by atoms with Crippen LogP contribution in [0.2, 0.25) is 0 Å². The van der Waals surface area contributed by atoms with Crippen molar-refractivity contribution in [1.29, 1.82) is 0 Å². The molecule has 1 atom stereocenters. The zero-order chi connectivity index (χ0) is 15.2. The second-order valence-corrected chi connectivity index (χ2v) is 6.10. The van der Waals surface area contributed by atoms with E-state index in [0.29, 0.717) is 18.5 Å². The number of nitrogens with zero attached hydrogens (tertiary/aromatic N) is 1. The van der Waals surface area contributed by atoms with E-state index in [-0.39, 0.29) is 11.5 Å². The molecule has 1 heterocycles. The van der Waals surface area contributed by atoms with Gasteiger partial charge in [0.15, 0.2) is 0 Å². The summed E-state index contributed by atoms with van der Waals surface area (Å²) in [5.74, 6) is -0.325. The van der Waals surface area contributed by atoms with Gasteiger partial charge in [0.25, 0.3) is 5.91 Å². The van der Waals surface area contributed by atoms with Gasteiger partial charge < -0.3 is 5.32 Å². The van der Waals surface area contributed by atoms with Gasteiger partial charge in [0.05, 0.1) is 5.56 Å². The van der Waals surface area contributed by atoms with Crippen LogP contribution in [0.25, 0.3) is 0 Å². The Morgan fingerprint density at radius 1 is 1.24 bits per heavy atom. The van der Waals surface area contributed by atoms with Crippen LogP contribution in [0.5, 0.6) is 0 Å². The summed E-state index contributed by atoms with van der Waals surface area (Å²) >= 11 is 0. The molecule has 1 N–H and O–H groups in total. The minimum Gasteiger partial charge on any atom is -0.350 e. The fourth-order valence-corrected chi connectivity index (χ4v) is 2.97. The highest BCUT2D eigenvalue weighted by atomic mass is 19.1. The number of nitrogens with one attached hydrogen (secondary N) is 1. The van der Waals surface area contributed by atoms with Gasteiger partial charge in [-0.05, 0) is 44.0 Å². The first-order valence-electron chi connectivity index (χ1n) is 7.86. The lowest BCUT2D eigenvalue weighted by Crippen LogP contribution is -2.48. The van der Waals surface area contributed by atoms with Crippen LogP contribution in [-0.2, 0) is 0 Å². The minimum atomic E-state index is -0.464. The molecule has 3 nitrogen and oxygen atoms in total. The number of hydrogen-bond donors (Lipinski definition) is 1. The van der Waals surface area contributed by atoms with E-state index in [9.17, 15) is 9.18 Å². The van der Waals surface area contributed by atoms with Crippen molar-refractivity contribution in [2.75, 3.05) is 19.6 Å². The average molecular weight is 292 g/mol. The van der Waals surface area contributed by atoms with Crippen molar-refractivity contribution in [3.63, 3.8) is 0 Å². The van der Waals surface area contributed by atoms with Crippen LogP contribution in [0.3, 0.4) is 0 Å². The minimum absolute atomic E-state index is 0.124. The molecule has 0 spiro atoms. The van der Waals surface area contributed by atoms with Gasteiger partial charge in [0, 0.05) is 12.6 Å². The van der Waals surface area contributed by atoms with Gasteiger partial charge in [-0.25, -0.2) is 4.39 Å². The van der Waals surface area contributed by atoms with Gasteiger partial charge in [-0.3, -0.25) is 9.69 Å². The fourth-order valence-electron chi connectivity index (χ4n) is 2.97. The third kappa shape index (κ3) is 4.27. The lowest BCUT2D eigenvalue weighted by molar-refractivity contribution is 0.0892. The zero-order valence-corrected chi connectivity index (χ0v) is 12.9. The molecule has 1 aliphatic heterocycles. The maximum atomic E-state index is 13.6. The molecule has 1 aliphatic rings. The lowest BCUT2D eigenvalue weighted by Gasteiger charge is -2.37. The molecular formula is C17H25FN2O. The molecule has 1 aromatic carbocycles. The van der Waals surface area contributed by atoms with Gasteiger partial charge in [-0.15, -0.1) is 0 Å². The van der Waals surface area contributed by atoms with Gasteiger partial charge in [0.2, 0.25) is 0 Å². The summed E-state index contributed by atoms with van der Waals surface area (Å²) in [5, 5.41) is 2.90. The van der Waals surface area contributed by atoms with Crippen LogP contribution >= 0.6 is 0 Å². The summed E-state index contributed by atoms with van der Waals surface area (Å²) < 4.78 is 13.6. The van der Waals surface area contributed by atoms with Crippen molar-refractivity contribution in [2.45, 2.75) is 39.2 Å². The number of rotatable bonds is 5. The van der Waals surface area contributed by atoms with Crippen molar-refractivity contribution in [3.05, 3.63) is 35.6 Å². The summed E-state index contributed by atoms with van der Waals surface area (Å²) in [6.07, 6.45) is 3.75. The lowest BCUT2D eigenvalue weighted by atomic mass is 9.99. The van der Waals surface area contributed by atoms with Crippen LogP contribution in [0, 0.1) is 11.7 Å². The largest absolute Gasteiger partial charge is 0.350 e. The first kappa shape index (κ1) is 16.0. The second kappa shape index (κ2) is 7.55. The van der Waals surface area contributed by atoms with E-state index in [1.165, 1.54) is 31.4 Å². The highest BCUT2D eigenvalue weighted by molar-refractivity contribution is 5.94. The summed E-state index contributed by atoms with van der Waals surface area (Å²) in [6, 6.07) is 6.44. The molecule has 0 aliphatic carbocycles. The van der Waals surface area contributed by atoms with Crippen molar-refractivity contribution < 1.29 is 9.18 Å². The van der Waals surface area contributed by atoms with E-state index in [4.69, 9.17) is 0 Å². The van der Waals surface area contributed by atoms with Crippen LogP contribution in [0.4, 0.5) is 4.39 Å². The van der Waals surface area contributed by atoms with E-state index in [2.05, 4.69) is 24.1 Å². The number of carbonyl (C=O) groups is 1. The number of halogens is 1. The maximum Gasteiger partial charge on any atom is 0.254 e. The Kier molecular flexibility index (Phi) is 5.74. The molecule has 0 bridgehead atoms.